The maximum Gasteiger partial charge on any atom is 0.224 e. The number of anilines is 1. The van der Waals surface area contributed by atoms with Gasteiger partial charge in [0, 0.05) is 26.8 Å². The predicted octanol–water partition coefficient (Wildman–Crippen LogP) is 0.766. The van der Waals surface area contributed by atoms with E-state index in [0.717, 1.165) is 31.3 Å². The molecule has 0 aromatic carbocycles. The molecule has 1 aromatic rings. The van der Waals surface area contributed by atoms with Gasteiger partial charge in [0.1, 0.15) is 0 Å². The average Bonchev–Trinajstić information content (AvgIpc) is 2.69. The predicted molar refractivity (Wildman–Crippen MR) is 63.3 cm³/mol. The first-order chi connectivity index (χ1) is 7.74. The topological polar surface area (TPSA) is 78.0 Å². The molecule has 0 aliphatic rings. The Morgan fingerprint density at radius 2 is 2.19 bits per heavy atom. The summed E-state index contributed by atoms with van der Waals surface area (Å²) in [7, 11) is 1.67. The number of nitrogens with zero attached hydrogens (tertiary/aromatic N) is 3. The fourth-order valence-corrected chi connectivity index (χ4v) is 1.56. The molecule has 3 N–H and O–H groups in total. The molecule has 1 unspecified atom stereocenters. The van der Waals surface area contributed by atoms with Crippen LogP contribution in [-0.2, 0) is 11.3 Å². The number of nitrogens with two attached hydrogens (primary N) is 1. The first kappa shape index (κ1) is 12.9. The maximum atomic E-state index is 6.04. The summed E-state index contributed by atoms with van der Waals surface area (Å²) >= 11 is 0. The third-order valence-electron chi connectivity index (χ3n) is 2.40. The molecule has 6 nitrogen and oxygen atoms in total. The molecule has 1 heterocycles. The lowest BCUT2D eigenvalue weighted by Gasteiger charge is -2.13. The zero-order valence-electron chi connectivity index (χ0n) is 10.2. The smallest absolute Gasteiger partial charge is 0.224 e. The third kappa shape index (κ3) is 2.93. The lowest BCUT2D eigenvalue weighted by Crippen LogP contribution is -2.19. The van der Waals surface area contributed by atoms with Crippen LogP contribution in [0.1, 0.15) is 32.1 Å². The molecule has 0 aliphatic carbocycles. The highest BCUT2D eigenvalue weighted by Gasteiger charge is 2.16. The van der Waals surface area contributed by atoms with Crippen molar-refractivity contribution in [2.75, 3.05) is 25.6 Å². The zero-order chi connectivity index (χ0) is 12.0. The highest BCUT2D eigenvalue weighted by molar-refractivity contribution is 5.26. The molecular formula is C10H21N5O. The van der Waals surface area contributed by atoms with Gasteiger partial charge in [-0.15, -0.1) is 10.2 Å². The Bertz CT molecular complexity index is 312. The number of rotatable bonds is 7. The molecule has 0 saturated carbocycles. The van der Waals surface area contributed by atoms with Gasteiger partial charge in [0.25, 0.3) is 0 Å². The van der Waals surface area contributed by atoms with Crippen molar-refractivity contribution in [3.8, 4) is 0 Å². The van der Waals surface area contributed by atoms with E-state index in [-0.39, 0.29) is 6.04 Å². The van der Waals surface area contributed by atoms with Crippen LogP contribution < -0.4 is 11.1 Å². The van der Waals surface area contributed by atoms with E-state index in [4.69, 9.17) is 10.5 Å². The summed E-state index contributed by atoms with van der Waals surface area (Å²) in [5, 5.41) is 11.4. The molecular weight excluding hydrogens is 206 g/mol. The van der Waals surface area contributed by atoms with Crippen molar-refractivity contribution in [2.24, 2.45) is 5.73 Å². The summed E-state index contributed by atoms with van der Waals surface area (Å²) in [6.45, 7) is 6.35. The summed E-state index contributed by atoms with van der Waals surface area (Å²) in [6, 6.07) is -0.125. The normalized spacial score (nSPS) is 12.8. The standard InChI is InChI=1S/C10H21N5O/c1-4-12-10-14-13-9(15(10)5-2)8(11)6-7-16-3/h8H,4-7,11H2,1-3H3,(H,12,14). The van der Waals surface area contributed by atoms with Crippen molar-refractivity contribution in [3.63, 3.8) is 0 Å². The molecule has 1 rings (SSSR count). The third-order valence-corrected chi connectivity index (χ3v) is 2.40. The van der Waals surface area contributed by atoms with Crippen LogP contribution in [0, 0.1) is 0 Å². The fraction of sp³-hybridized carbons (Fsp3) is 0.800. The van der Waals surface area contributed by atoms with Gasteiger partial charge in [-0.3, -0.25) is 4.57 Å². The van der Waals surface area contributed by atoms with Crippen molar-refractivity contribution in [1.29, 1.82) is 0 Å². The van der Waals surface area contributed by atoms with Crippen LogP contribution in [0.4, 0.5) is 5.95 Å². The molecule has 1 atom stereocenters. The molecule has 16 heavy (non-hydrogen) atoms. The Morgan fingerprint density at radius 3 is 2.75 bits per heavy atom. The largest absolute Gasteiger partial charge is 0.385 e. The Hall–Kier alpha value is -1.14. The highest BCUT2D eigenvalue weighted by Crippen LogP contribution is 2.15. The van der Waals surface area contributed by atoms with Crippen LogP contribution in [0.2, 0.25) is 0 Å². The number of ether oxygens (including phenoxy) is 1. The average molecular weight is 227 g/mol. The number of hydrogen-bond acceptors (Lipinski definition) is 5. The monoisotopic (exact) mass is 227 g/mol. The SMILES string of the molecule is CCNc1nnc(C(N)CCOC)n1CC. The van der Waals surface area contributed by atoms with E-state index in [1.807, 2.05) is 11.5 Å². The van der Waals surface area contributed by atoms with Crippen molar-refractivity contribution >= 4 is 5.95 Å². The summed E-state index contributed by atoms with van der Waals surface area (Å²) in [5.74, 6) is 1.60. The van der Waals surface area contributed by atoms with Gasteiger partial charge >= 0.3 is 0 Å². The van der Waals surface area contributed by atoms with E-state index in [2.05, 4.69) is 22.4 Å². The van der Waals surface area contributed by atoms with Gasteiger partial charge in [-0.05, 0) is 20.3 Å². The molecule has 0 aliphatic heterocycles. The van der Waals surface area contributed by atoms with E-state index in [0.29, 0.717) is 6.61 Å². The molecule has 6 heteroatoms. The molecule has 0 radical (unpaired) electrons. The first-order valence-electron chi connectivity index (χ1n) is 5.66. The lowest BCUT2D eigenvalue weighted by molar-refractivity contribution is 0.186. The quantitative estimate of drug-likeness (QED) is 0.719. The molecule has 0 fully saturated rings. The van der Waals surface area contributed by atoms with Crippen molar-refractivity contribution in [1.82, 2.24) is 14.8 Å². The second kappa shape index (κ2) is 6.44. The minimum atomic E-state index is -0.125. The van der Waals surface area contributed by atoms with Crippen LogP contribution in [0.5, 0.6) is 0 Å². The Morgan fingerprint density at radius 1 is 1.44 bits per heavy atom. The molecule has 0 amide bonds. The summed E-state index contributed by atoms with van der Waals surface area (Å²) < 4.78 is 7.01. The van der Waals surface area contributed by atoms with Crippen molar-refractivity contribution < 1.29 is 4.74 Å². The first-order valence-corrected chi connectivity index (χ1v) is 5.66. The van der Waals surface area contributed by atoms with Crippen LogP contribution in [-0.4, -0.2) is 35.0 Å². The second-order valence-electron chi connectivity index (χ2n) is 3.54. The fourth-order valence-electron chi connectivity index (χ4n) is 1.56. The molecule has 92 valence electrons. The summed E-state index contributed by atoms with van der Waals surface area (Å²) in [5.41, 5.74) is 6.04. The Labute approximate surface area is 96.2 Å². The van der Waals surface area contributed by atoms with E-state index >= 15 is 0 Å². The van der Waals surface area contributed by atoms with E-state index in [1.165, 1.54) is 0 Å². The number of methoxy groups -OCH3 is 1. The van der Waals surface area contributed by atoms with Gasteiger partial charge in [0.05, 0.1) is 6.04 Å². The summed E-state index contributed by atoms with van der Waals surface area (Å²) in [4.78, 5) is 0. The zero-order valence-corrected chi connectivity index (χ0v) is 10.2. The van der Waals surface area contributed by atoms with Crippen molar-refractivity contribution in [3.05, 3.63) is 5.82 Å². The highest BCUT2D eigenvalue weighted by atomic mass is 16.5. The van der Waals surface area contributed by atoms with Gasteiger partial charge in [-0.1, -0.05) is 0 Å². The number of nitrogens with one attached hydrogen (secondary N) is 1. The van der Waals surface area contributed by atoms with Crippen LogP contribution in [0.15, 0.2) is 0 Å². The van der Waals surface area contributed by atoms with Crippen LogP contribution in [0.25, 0.3) is 0 Å². The van der Waals surface area contributed by atoms with Gasteiger partial charge in [0.15, 0.2) is 5.82 Å². The van der Waals surface area contributed by atoms with Crippen LogP contribution >= 0.6 is 0 Å². The number of hydrogen-bond donors (Lipinski definition) is 2. The van der Waals surface area contributed by atoms with Gasteiger partial charge in [-0.25, -0.2) is 0 Å². The molecule has 0 saturated heterocycles. The van der Waals surface area contributed by atoms with Gasteiger partial charge in [-0.2, -0.15) is 0 Å². The maximum absolute atomic E-state index is 6.04. The van der Waals surface area contributed by atoms with E-state index in [1.54, 1.807) is 7.11 Å². The molecule has 0 bridgehead atoms. The van der Waals surface area contributed by atoms with Gasteiger partial charge < -0.3 is 15.8 Å². The van der Waals surface area contributed by atoms with E-state index in [9.17, 15) is 0 Å². The Balaban J connectivity index is 2.78. The summed E-state index contributed by atoms with van der Waals surface area (Å²) in [6.07, 6.45) is 0.751. The lowest BCUT2D eigenvalue weighted by atomic mass is 10.2. The van der Waals surface area contributed by atoms with Gasteiger partial charge in [0.2, 0.25) is 5.95 Å². The Kier molecular flexibility index (Phi) is 5.21. The van der Waals surface area contributed by atoms with E-state index < -0.39 is 0 Å². The number of aromatic nitrogens is 3. The molecule has 0 spiro atoms. The minimum Gasteiger partial charge on any atom is -0.385 e. The van der Waals surface area contributed by atoms with Crippen molar-refractivity contribution in [2.45, 2.75) is 32.9 Å². The second-order valence-corrected chi connectivity index (χ2v) is 3.54. The minimum absolute atomic E-state index is 0.125. The van der Waals surface area contributed by atoms with Crippen LogP contribution in [0.3, 0.4) is 0 Å². The molecule has 1 aromatic heterocycles.